The van der Waals surface area contributed by atoms with Gasteiger partial charge in [-0.3, -0.25) is 14.4 Å². The highest BCUT2D eigenvalue weighted by Crippen LogP contribution is 2.19. The largest absolute Gasteiger partial charge is 0.462 e. The molecule has 0 heterocycles. The number of ether oxygens (including phenoxy) is 3. The zero-order valence-electron chi connectivity index (χ0n) is 53.0. The number of unbranched alkanes of at least 4 members (excludes halogenated alkanes) is 51. The molecule has 460 valence electrons. The minimum absolute atomic E-state index is 0.0656. The third kappa shape index (κ3) is 64.7. The molecule has 0 aromatic carbocycles. The molecular formula is C72H136O6. The van der Waals surface area contributed by atoms with Gasteiger partial charge < -0.3 is 14.2 Å². The van der Waals surface area contributed by atoms with Gasteiger partial charge in [-0.2, -0.15) is 0 Å². The fourth-order valence-electron chi connectivity index (χ4n) is 10.9. The van der Waals surface area contributed by atoms with Gasteiger partial charge in [0.2, 0.25) is 0 Å². The molecule has 0 amide bonds. The standard InChI is InChI=1S/C72H136O6/c1-4-7-10-13-15-17-19-21-23-25-27-29-31-33-35-37-38-40-42-44-46-48-50-52-54-56-59-62-65-71(74)77-68-69(67-76-70(73)64-61-58-12-9-6-3)78-72(75)66-63-60-57-55-53-51-49-47-45-43-41-39-36-34-32-30-28-26-24-22-20-18-16-14-11-8-5-2/h20,22,26,28,69H,4-19,21,23-25,27,29-68H2,1-3H3/b22-20-,28-26-. The molecule has 1 unspecified atom stereocenters. The maximum absolute atomic E-state index is 12.9. The molecule has 0 spiro atoms. The summed E-state index contributed by atoms with van der Waals surface area (Å²) < 4.78 is 16.8. The van der Waals surface area contributed by atoms with E-state index in [1.807, 2.05) is 0 Å². The van der Waals surface area contributed by atoms with Crippen molar-refractivity contribution in [1.82, 2.24) is 0 Å². The van der Waals surface area contributed by atoms with E-state index in [9.17, 15) is 14.4 Å². The smallest absolute Gasteiger partial charge is 0.306 e. The number of allylic oxidation sites excluding steroid dienone is 4. The highest BCUT2D eigenvalue weighted by Gasteiger charge is 2.19. The van der Waals surface area contributed by atoms with E-state index in [4.69, 9.17) is 14.2 Å². The maximum Gasteiger partial charge on any atom is 0.306 e. The average Bonchev–Trinajstić information content (AvgIpc) is 3.44. The number of hydrogen-bond acceptors (Lipinski definition) is 6. The molecule has 0 bridgehead atoms. The summed E-state index contributed by atoms with van der Waals surface area (Å²) in [5, 5.41) is 0. The van der Waals surface area contributed by atoms with Crippen LogP contribution in [0.25, 0.3) is 0 Å². The van der Waals surface area contributed by atoms with Gasteiger partial charge in [0.1, 0.15) is 13.2 Å². The molecule has 0 aromatic heterocycles. The van der Waals surface area contributed by atoms with E-state index in [1.165, 1.54) is 289 Å². The van der Waals surface area contributed by atoms with Crippen LogP contribution in [0.15, 0.2) is 24.3 Å². The number of rotatable bonds is 66. The van der Waals surface area contributed by atoms with Gasteiger partial charge in [0.15, 0.2) is 6.10 Å². The molecule has 6 heteroatoms. The lowest BCUT2D eigenvalue weighted by Crippen LogP contribution is -2.30. The Morgan fingerprint density at radius 1 is 0.256 bits per heavy atom. The van der Waals surface area contributed by atoms with Crippen molar-refractivity contribution in [3.63, 3.8) is 0 Å². The number of hydrogen-bond donors (Lipinski definition) is 0. The van der Waals surface area contributed by atoms with Crippen molar-refractivity contribution in [1.29, 1.82) is 0 Å². The quantitative estimate of drug-likeness (QED) is 0.0261. The molecule has 0 rings (SSSR count). The predicted molar refractivity (Wildman–Crippen MR) is 340 cm³/mol. The molecule has 0 aliphatic heterocycles. The first-order chi connectivity index (χ1) is 38.5. The summed E-state index contributed by atoms with van der Waals surface area (Å²) in [5.74, 6) is -0.852. The summed E-state index contributed by atoms with van der Waals surface area (Å²) in [6, 6.07) is 0. The van der Waals surface area contributed by atoms with Gasteiger partial charge >= 0.3 is 17.9 Å². The predicted octanol–water partition coefficient (Wildman–Crippen LogP) is 24.2. The van der Waals surface area contributed by atoms with Crippen LogP contribution in [0.5, 0.6) is 0 Å². The van der Waals surface area contributed by atoms with Crippen LogP contribution in [-0.4, -0.2) is 37.2 Å². The Morgan fingerprint density at radius 2 is 0.462 bits per heavy atom. The summed E-state index contributed by atoms with van der Waals surface area (Å²) in [6.45, 7) is 6.62. The van der Waals surface area contributed by atoms with E-state index < -0.39 is 6.10 Å². The summed E-state index contributed by atoms with van der Waals surface area (Å²) in [7, 11) is 0. The number of carbonyl (C=O) groups excluding carboxylic acids is 3. The second-order valence-electron chi connectivity index (χ2n) is 24.2. The Balaban J connectivity index is 3.92. The van der Waals surface area contributed by atoms with Crippen molar-refractivity contribution in [2.75, 3.05) is 13.2 Å². The molecule has 0 radical (unpaired) electrons. The van der Waals surface area contributed by atoms with E-state index in [1.54, 1.807) is 0 Å². The second-order valence-corrected chi connectivity index (χ2v) is 24.2. The molecule has 0 saturated heterocycles. The van der Waals surface area contributed by atoms with E-state index in [0.717, 1.165) is 70.6 Å². The van der Waals surface area contributed by atoms with E-state index in [2.05, 4.69) is 45.1 Å². The normalized spacial score (nSPS) is 12.1. The number of carbonyl (C=O) groups is 3. The third-order valence-electron chi connectivity index (χ3n) is 16.2. The minimum atomic E-state index is -0.765. The van der Waals surface area contributed by atoms with Crippen LogP contribution < -0.4 is 0 Å². The van der Waals surface area contributed by atoms with Crippen LogP contribution in [0.2, 0.25) is 0 Å². The number of esters is 3. The summed E-state index contributed by atoms with van der Waals surface area (Å²) >= 11 is 0. The van der Waals surface area contributed by atoms with Gasteiger partial charge in [0.05, 0.1) is 0 Å². The SMILES string of the molecule is CCCCCCC/C=C\C/C=C\CCCCCCCCCCCCCCCCCC(=O)OC(COC(=O)CCCCCCC)COC(=O)CCCCCCCCCCCCCCCCCCCCCCCCCCCCCC. The molecule has 0 aliphatic rings. The first-order valence-electron chi connectivity index (χ1n) is 35.3. The van der Waals surface area contributed by atoms with Gasteiger partial charge in [-0.25, -0.2) is 0 Å². The van der Waals surface area contributed by atoms with Crippen molar-refractivity contribution in [3.05, 3.63) is 24.3 Å². The molecule has 78 heavy (non-hydrogen) atoms. The van der Waals surface area contributed by atoms with Crippen molar-refractivity contribution in [3.8, 4) is 0 Å². The molecule has 0 saturated carbocycles. The van der Waals surface area contributed by atoms with Crippen LogP contribution in [0.3, 0.4) is 0 Å². The molecule has 6 nitrogen and oxygen atoms in total. The average molecular weight is 1100 g/mol. The van der Waals surface area contributed by atoms with Crippen LogP contribution in [-0.2, 0) is 28.6 Å². The first kappa shape index (κ1) is 75.9. The van der Waals surface area contributed by atoms with E-state index >= 15 is 0 Å². The Morgan fingerprint density at radius 3 is 0.705 bits per heavy atom. The van der Waals surface area contributed by atoms with E-state index in [0.29, 0.717) is 19.3 Å². The summed E-state index contributed by atoms with van der Waals surface area (Å²) in [5.41, 5.74) is 0. The molecule has 0 aliphatic carbocycles. The maximum atomic E-state index is 12.9. The van der Waals surface area contributed by atoms with E-state index in [-0.39, 0.29) is 31.1 Å². The highest BCUT2D eigenvalue weighted by molar-refractivity contribution is 5.71. The zero-order chi connectivity index (χ0) is 56.4. The van der Waals surface area contributed by atoms with Crippen LogP contribution >= 0.6 is 0 Å². The summed E-state index contributed by atoms with van der Waals surface area (Å²) in [4.78, 5) is 38.0. The van der Waals surface area contributed by atoms with Crippen LogP contribution in [0.1, 0.15) is 400 Å². The third-order valence-corrected chi connectivity index (χ3v) is 16.2. The molecule has 1 atom stereocenters. The van der Waals surface area contributed by atoms with Crippen molar-refractivity contribution in [2.45, 2.75) is 406 Å². The van der Waals surface area contributed by atoms with Crippen LogP contribution in [0, 0.1) is 0 Å². The second kappa shape index (κ2) is 67.4. The Hall–Kier alpha value is -2.11. The van der Waals surface area contributed by atoms with Crippen molar-refractivity contribution < 1.29 is 28.6 Å². The Bertz CT molecular complexity index is 1260. The molecule has 0 fully saturated rings. The van der Waals surface area contributed by atoms with Gasteiger partial charge in [-0.15, -0.1) is 0 Å². The van der Waals surface area contributed by atoms with Crippen molar-refractivity contribution in [2.24, 2.45) is 0 Å². The fraction of sp³-hybridized carbons (Fsp3) is 0.903. The molecule has 0 aromatic rings. The first-order valence-corrected chi connectivity index (χ1v) is 35.3. The van der Waals surface area contributed by atoms with Crippen molar-refractivity contribution >= 4 is 17.9 Å². The molecular weight excluding hydrogens is 961 g/mol. The lowest BCUT2D eigenvalue weighted by atomic mass is 10.0. The highest BCUT2D eigenvalue weighted by atomic mass is 16.6. The lowest BCUT2D eigenvalue weighted by molar-refractivity contribution is -0.167. The summed E-state index contributed by atoms with van der Waals surface area (Å²) in [6.07, 6.45) is 82.7. The lowest BCUT2D eigenvalue weighted by Gasteiger charge is -2.18. The van der Waals surface area contributed by atoms with Crippen LogP contribution in [0.4, 0.5) is 0 Å². The van der Waals surface area contributed by atoms with Gasteiger partial charge in [0, 0.05) is 19.3 Å². The molecule has 0 N–H and O–H groups in total. The van der Waals surface area contributed by atoms with Gasteiger partial charge in [0.25, 0.3) is 0 Å². The Labute approximate surface area is 487 Å². The monoisotopic (exact) mass is 1100 g/mol. The van der Waals surface area contributed by atoms with Gasteiger partial charge in [-0.05, 0) is 51.4 Å². The zero-order valence-corrected chi connectivity index (χ0v) is 53.0. The topological polar surface area (TPSA) is 78.9 Å². The fourth-order valence-corrected chi connectivity index (χ4v) is 10.9. The minimum Gasteiger partial charge on any atom is -0.462 e. The van der Waals surface area contributed by atoms with Gasteiger partial charge in [-0.1, -0.05) is 353 Å². The Kier molecular flexibility index (Phi) is 65.6.